The Kier molecular flexibility index (Phi) is 8.04. The molecule has 0 amide bonds. The zero-order valence-electron chi connectivity index (χ0n) is 21.1. The Morgan fingerprint density at radius 2 is 1.28 bits per heavy atom. The van der Waals surface area contributed by atoms with Crippen LogP contribution in [0.25, 0.3) is 0 Å². The van der Waals surface area contributed by atoms with Crippen LogP contribution in [0.1, 0.15) is 6.92 Å². The van der Waals surface area contributed by atoms with E-state index in [-0.39, 0.29) is 18.8 Å². The number of aromatic nitrogens is 3. The van der Waals surface area contributed by atoms with Crippen LogP contribution >= 0.6 is 0 Å². The minimum Gasteiger partial charge on any atom is -0.436 e. The largest absolute Gasteiger partial charge is 0.436 e. The van der Waals surface area contributed by atoms with Crippen molar-refractivity contribution in [3.05, 3.63) is 31.5 Å². The normalized spacial score (nSPS) is 17.6. The molecule has 1 aliphatic heterocycles. The fraction of sp³-hybridized carbons (Fsp3) is 0.833. The summed E-state index contributed by atoms with van der Waals surface area (Å²) in [5.41, 5.74) is -1.88. The molecule has 10 nitrogen and oxygen atoms in total. The molecule has 1 aromatic rings. The standard InChI is InChI=1S/C18H39N3O7Si4/c1-11-29(3,4)26-31(7,8)28-32(9,10)27-30(5,6)14-21-17(23)19(2)16(22)20(18(21)24)12-15-13-25-15/h15H,11-14H2,1-10H3. The number of hydrogen-bond acceptors (Lipinski definition) is 7. The summed E-state index contributed by atoms with van der Waals surface area (Å²) in [6.45, 7) is 19.1. The van der Waals surface area contributed by atoms with Gasteiger partial charge in [-0.1, -0.05) is 6.92 Å². The predicted octanol–water partition coefficient (Wildman–Crippen LogP) is 1.53. The number of epoxide rings is 1. The lowest BCUT2D eigenvalue weighted by Gasteiger charge is -2.40. The van der Waals surface area contributed by atoms with Gasteiger partial charge in [-0.3, -0.25) is 0 Å². The van der Waals surface area contributed by atoms with Gasteiger partial charge in [0.05, 0.1) is 25.4 Å². The summed E-state index contributed by atoms with van der Waals surface area (Å²) >= 11 is 0. The van der Waals surface area contributed by atoms with Gasteiger partial charge in [0.2, 0.25) is 0 Å². The second kappa shape index (κ2) is 9.40. The Labute approximate surface area is 193 Å². The van der Waals surface area contributed by atoms with E-state index in [1.165, 1.54) is 7.05 Å². The summed E-state index contributed by atoms with van der Waals surface area (Å²) in [5.74, 6) is 0. The molecule has 1 atom stereocenters. The summed E-state index contributed by atoms with van der Waals surface area (Å²) in [4.78, 5) is 38.2. The van der Waals surface area contributed by atoms with Crippen LogP contribution in [-0.2, 0) is 36.8 Å². The second-order valence-corrected chi connectivity index (χ2v) is 26.6. The van der Waals surface area contributed by atoms with Crippen LogP contribution in [0, 0.1) is 0 Å². The lowest BCUT2D eigenvalue weighted by Crippen LogP contribution is -2.60. The van der Waals surface area contributed by atoms with Crippen molar-refractivity contribution < 1.29 is 17.1 Å². The van der Waals surface area contributed by atoms with Crippen LogP contribution in [0.3, 0.4) is 0 Å². The van der Waals surface area contributed by atoms with Crippen molar-refractivity contribution in [1.82, 2.24) is 13.7 Å². The van der Waals surface area contributed by atoms with Gasteiger partial charge in [0, 0.05) is 7.05 Å². The van der Waals surface area contributed by atoms with Gasteiger partial charge >= 0.3 is 34.2 Å². The van der Waals surface area contributed by atoms with E-state index in [2.05, 4.69) is 20.0 Å². The maximum atomic E-state index is 13.0. The van der Waals surface area contributed by atoms with E-state index >= 15 is 0 Å². The van der Waals surface area contributed by atoms with E-state index < -0.39 is 50.8 Å². The molecular weight excluding hydrogens is 483 g/mol. The summed E-state index contributed by atoms with van der Waals surface area (Å²) < 4.78 is 27.8. The second-order valence-electron chi connectivity index (χ2n) is 10.5. The molecule has 0 aromatic carbocycles. The van der Waals surface area contributed by atoms with Gasteiger partial charge < -0.3 is 17.1 Å². The molecule has 1 aromatic heterocycles. The Morgan fingerprint density at radius 3 is 1.75 bits per heavy atom. The van der Waals surface area contributed by atoms with E-state index in [1.807, 2.05) is 39.3 Å². The lowest BCUT2D eigenvalue weighted by molar-refractivity contribution is 0.324. The number of ether oxygens (including phenoxy) is 1. The third-order valence-corrected chi connectivity index (χ3v) is 20.3. The minimum absolute atomic E-state index is 0.127. The smallest absolute Gasteiger partial charge is 0.336 e. The van der Waals surface area contributed by atoms with Gasteiger partial charge in [-0.2, -0.15) is 0 Å². The molecule has 1 aliphatic rings. The SMILES string of the molecule is CC[Si](C)(C)O[Si](C)(C)O[Si](C)(C)O[Si](C)(C)Cn1c(=O)n(C)c(=O)n(CC2CO2)c1=O. The van der Waals surface area contributed by atoms with Crippen molar-refractivity contribution in [3.8, 4) is 0 Å². The van der Waals surface area contributed by atoms with E-state index in [4.69, 9.17) is 17.1 Å². The molecule has 32 heavy (non-hydrogen) atoms. The quantitative estimate of drug-likeness (QED) is 0.321. The van der Waals surface area contributed by atoms with Crippen molar-refractivity contribution in [2.75, 3.05) is 6.61 Å². The van der Waals surface area contributed by atoms with Gasteiger partial charge in [-0.25, -0.2) is 28.1 Å². The van der Waals surface area contributed by atoms with Gasteiger partial charge in [0.15, 0.2) is 16.6 Å². The third-order valence-electron chi connectivity index (χ3n) is 5.21. The molecule has 1 fully saturated rings. The molecule has 0 aliphatic carbocycles. The first kappa shape index (κ1) is 27.4. The number of nitrogens with zero attached hydrogens (tertiary/aromatic N) is 3. The number of rotatable bonds is 11. The van der Waals surface area contributed by atoms with E-state index in [0.29, 0.717) is 6.61 Å². The Balaban J connectivity index is 2.26. The Hall–Kier alpha value is -0.882. The van der Waals surface area contributed by atoms with Crippen molar-refractivity contribution in [1.29, 1.82) is 0 Å². The molecule has 2 heterocycles. The average Bonchev–Trinajstić information content (AvgIpc) is 3.42. The predicted molar refractivity (Wildman–Crippen MR) is 134 cm³/mol. The molecular formula is C18H39N3O7Si4. The summed E-state index contributed by atoms with van der Waals surface area (Å²) in [5, 5.41) is 0. The first-order chi connectivity index (χ1) is 14.4. The monoisotopic (exact) mass is 521 g/mol. The van der Waals surface area contributed by atoms with Crippen molar-refractivity contribution >= 4 is 33.8 Å². The summed E-state index contributed by atoms with van der Waals surface area (Å²) in [6, 6.07) is 1.00. The molecule has 0 bridgehead atoms. The third kappa shape index (κ3) is 7.31. The van der Waals surface area contributed by atoms with Gasteiger partial charge in [0.1, 0.15) is 0 Å². The van der Waals surface area contributed by atoms with Crippen LogP contribution < -0.4 is 17.1 Å². The molecule has 0 radical (unpaired) electrons. The maximum absolute atomic E-state index is 13.0. The minimum atomic E-state index is -2.62. The van der Waals surface area contributed by atoms with E-state index in [9.17, 15) is 14.4 Å². The highest BCUT2D eigenvalue weighted by Gasteiger charge is 2.43. The fourth-order valence-electron chi connectivity index (χ4n) is 3.87. The highest BCUT2D eigenvalue weighted by Crippen LogP contribution is 2.25. The van der Waals surface area contributed by atoms with Crippen LogP contribution in [0.5, 0.6) is 0 Å². The van der Waals surface area contributed by atoms with E-state index in [1.54, 1.807) is 0 Å². The van der Waals surface area contributed by atoms with Gasteiger partial charge in [0.25, 0.3) is 0 Å². The topological polar surface area (TPSA) is 106 Å². The molecule has 0 saturated carbocycles. The molecule has 1 saturated heterocycles. The summed E-state index contributed by atoms with van der Waals surface area (Å²) in [7, 11) is -8.03. The number of hydrogen-bond donors (Lipinski definition) is 0. The zero-order chi connectivity index (χ0) is 24.7. The van der Waals surface area contributed by atoms with Crippen LogP contribution in [0.4, 0.5) is 0 Å². The molecule has 184 valence electrons. The average molecular weight is 522 g/mol. The van der Waals surface area contributed by atoms with Gasteiger partial charge in [-0.15, -0.1) is 0 Å². The highest BCUT2D eigenvalue weighted by molar-refractivity contribution is 6.89. The van der Waals surface area contributed by atoms with Crippen molar-refractivity contribution in [2.24, 2.45) is 7.05 Å². The zero-order valence-corrected chi connectivity index (χ0v) is 25.1. The Bertz CT molecular complexity index is 1010. The molecule has 1 unspecified atom stereocenters. The lowest BCUT2D eigenvalue weighted by atomic mass is 10.5. The first-order valence-electron chi connectivity index (χ1n) is 11.0. The van der Waals surface area contributed by atoms with Crippen molar-refractivity contribution in [2.45, 2.75) is 84.2 Å². The molecule has 0 N–H and O–H groups in total. The highest BCUT2D eigenvalue weighted by atomic mass is 28.5. The Morgan fingerprint density at radius 1 is 0.812 bits per heavy atom. The van der Waals surface area contributed by atoms with Crippen LogP contribution in [-0.4, -0.2) is 60.2 Å². The van der Waals surface area contributed by atoms with Crippen LogP contribution in [0.15, 0.2) is 14.4 Å². The molecule has 14 heteroatoms. The van der Waals surface area contributed by atoms with E-state index in [0.717, 1.165) is 19.7 Å². The first-order valence-corrected chi connectivity index (χ1v) is 22.9. The van der Waals surface area contributed by atoms with Gasteiger partial charge in [-0.05, 0) is 58.4 Å². The maximum Gasteiger partial charge on any atom is 0.336 e. The summed E-state index contributed by atoms with van der Waals surface area (Å²) in [6.07, 6.45) is -0.0296. The van der Waals surface area contributed by atoms with Crippen LogP contribution in [0.2, 0.25) is 58.4 Å². The molecule has 0 spiro atoms. The fourth-order valence-corrected chi connectivity index (χ4v) is 22.2. The van der Waals surface area contributed by atoms with Crippen molar-refractivity contribution in [3.63, 3.8) is 0 Å². The molecule has 2 rings (SSSR count).